The summed E-state index contributed by atoms with van der Waals surface area (Å²) in [6.45, 7) is 12.4. The summed E-state index contributed by atoms with van der Waals surface area (Å²) in [4.78, 5) is 0. The van der Waals surface area contributed by atoms with Crippen LogP contribution in [-0.2, 0) is 0 Å². The van der Waals surface area contributed by atoms with Crippen molar-refractivity contribution in [3.8, 4) is 11.8 Å². The monoisotopic (exact) mass is 288 g/mol. The van der Waals surface area contributed by atoms with Gasteiger partial charge in [0.1, 0.15) is 11.3 Å². The molecule has 0 amide bonds. The van der Waals surface area contributed by atoms with Gasteiger partial charge in [-0.2, -0.15) is 5.26 Å². The van der Waals surface area contributed by atoms with Gasteiger partial charge >= 0.3 is 0 Å². The van der Waals surface area contributed by atoms with E-state index in [4.69, 9.17) is 4.74 Å². The zero-order valence-electron chi connectivity index (χ0n) is 14.1. The van der Waals surface area contributed by atoms with Gasteiger partial charge in [0, 0.05) is 12.5 Å². The average Bonchev–Trinajstić information content (AvgIpc) is 2.38. The minimum atomic E-state index is -0.564. The quantitative estimate of drug-likeness (QED) is 0.816. The maximum atomic E-state index is 9.38. The average molecular weight is 288 g/mol. The van der Waals surface area contributed by atoms with E-state index in [1.807, 2.05) is 39.8 Å². The van der Waals surface area contributed by atoms with Crippen molar-refractivity contribution in [3.05, 3.63) is 29.8 Å². The Morgan fingerprint density at radius 3 is 2.14 bits per heavy atom. The SMILES string of the molecule is CC(C)NC(C)(C#N)CC(C)Oc1ccc(C(C)C)cc1. The standard InChI is InChI=1S/C18H28N2O/c1-13(2)16-7-9-17(10-8-16)21-15(5)11-18(6,12-19)20-14(3)4/h7-10,13-15,20H,11H2,1-6H3. The number of nitriles is 1. The summed E-state index contributed by atoms with van der Waals surface area (Å²) in [7, 11) is 0. The van der Waals surface area contributed by atoms with E-state index in [9.17, 15) is 5.26 Å². The lowest BCUT2D eigenvalue weighted by Crippen LogP contribution is -2.47. The van der Waals surface area contributed by atoms with E-state index in [0.717, 1.165) is 5.75 Å². The molecule has 0 aliphatic heterocycles. The highest BCUT2D eigenvalue weighted by Gasteiger charge is 2.27. The van der Waals surface area contributed by atoms with Gasteiger partial charge in [-0.15, -0.1) is 0 Å². The molecule has 0 fully saturated rings. The molecule has 2 unspecified atom stereocenters. The summed E-state index contributed by atoms with van der Waals surface area (Å²) in [6, 6.07) is 10.8. The first-order valence-corrected chi connectivity index (χ1v) is 7.71. The third kappa shape index (κ3) is 5.77. The van der Waals surface area contributed by atoms with Crippen molar-refractivity contribution in [3.63, 3.8) is 0 Å². The Balaban J connectivity index is 2.64. The molecule has 1 rings (SSSR count). The largest absolute Gasteiger partial charge is 0.491 e. The van der Waals surface area contributed by atoms with Crippen LogP contribution in [-0.4, -0.2) is 17.7 Å². The summed E-state index contributed by atoms with van der Waals surface area (Å²) in [5.41, 5.74) is 0.740. The highest BCUT2D eigenvalue weighted by Crippen LogP contribution is 2.22. The molecule has 0 aliphatic rings. The molecule has 0 spiro atoms. The molecule has 0 aromatic heterocycles. The van der Waals surface area contributed by atoms with E-state index in [1.54, 1.807) is 0 Å². The van der Waals surface area contributed by atoms with E-state index < -0.39 is 5.54 Å². The van der Waals surface area contributed by atoms with Crippen LogP contribution in [0.3, 0.4) is 0 Å². The van der Waals surface area contributed by atoms with E-state index in [2.05, 4.69) is 37.4 Å². The van der Waals surface area contributed by atoms with Crippen LogP contribution in [0.5, 0.6) is 5.75 Å². The maximum absolute atomic E-state index is 9.38. The van der Waals surface area contributed by atoms with Crippen LogP contribution in [0.4, 0.5) is 0 Å². The second-order valence-corrected chi connectivity index (χ2v) is 6.60. The van der Waals surface area contributed by atoms with Gasteiger partial charge in [0.25, 0.3) is 0 Å². The molecule has 0 aliphatic carbocycles. The fraction of sp³-hybridized carbons (Fsp3) is 0.611. The van der Waals surface area contributed by atoms with E-state index >= 15 is 0 Å². The molecule has 3 heteroatoms. The molecular formula is C18H28N2O. The molecule has 0 bridgehead atoms. The molecular weight excluding hydrogens is 260 g/mol. The molecule has 0 saturated carbocycles. The first kappa shape index (κ1) is 17.5. The summed E-state index contributed by atoms with van der Waals surface area (Å²) in [5, 5.41) is 12.7. The van der Waals surface area contributed by atoms with Crippen LogP contribution in [0.1, 0.15) is 59.4 Å². The third-order valence-electron chi connectivity index (χ3n) is 3.43. The van der Waals surface area contributed by atoms with E-state index in [1.165, 1.54) is 5.56 Å². The van der Waals surface area contributed by atoms with Crippen LogP contribution in [0.25, 0.3) is 0 Å². The normalized spacial score (nSPS) is 15.6. The van der Waals surface area contributed by atoms with Gasteiger partial charge in [0.15, 0.2) is 0 Å². The van der Waals surface area contributed by atoms with Crippen LogP contribution in [0, 0.1) is 11.3 Å². The first-order valence-electron chi connectivity index (χ1n) is 7.71. The summed E-state index contributed by atoms with van der Waals surface area (Å²) in [5.74, 6) is 1.38. The van der Waals surface area contributed by atoms with Gasteiger partial charge in [0.2, 0.25) is 0 Å². The van der Waals surface area contributed by atoms with Crippen molar-refractivity contribution < 1.29 is 4.74 Å². The van der Waals surface area contributed by atoms with Crippen molar-refractivity contribution in [2.45, 2.75) is 71.6 Å². The van der Waals surface area contributed by atoms with Gasteiger partial charge in [-0.05, 0) is 51.3 Å². The zero-order chi connectivity index (χ0) is 16.0. The van der Waals surface area contributed by atoms with Gasteiger partial charge in [-0.1, -0.05) is 26.0 Å². The topological polar surface area (TPSA) is 45.0 Å². The number of ether oxygens (including phenoxy) is 1. The number of benzene rings is 1. The summed E-state index contributed by atoms with van der Waals surface area (Å²) >= 11 is 0. The van der Waals surface area contributed by atoms with Crippen molar-refractivity contribution in [2.24, 2.45) is 0 Å². The van der Waals surface area contributed by atoms with Gasteiger partial charge in [0.05, 0.1) is 12.2 Å². The predicted octanol–water partition coefficient (Wildman–Crippen LogP) is 4.25. The van der Waals surface area contributed by atoms with Crippen LogP contribution in [0.15, 0.2) is 24.3 Å². The molecule has 3 nitrogen and oxygen atoms in total. The Bertz CT molecular complexity index is 473. The lowest BCUT2D eigenvalue weighted by molar-refractivity contribution is 0.176. The second-order valence-electron chi connectivity index (χ2n) is 6.60. The predicted molar refractivity (Wildman–Crippen MR) is 87.5 cm³/mol. The second kappa shape index (κ2) is 7.47. The first-order chi connectivity index (χ1) is 9.75. The Morgan fingerprint density at radius 1 is 1.14 bits per heavy atom. The number of nitrogens with zero attached hydrogens (tertiary/aromatic N) is 1. The fourth-order valence-corrected chi connectivity index (χ4v) is 2.55. The summed E-state index contributed by atoms with van der Waals surface area (Å²) < 4.78 is 5.94. The summed E-state index contributed by atoms with van der Waals surface area (Å²) in [6.07, 6.45) is 0.624. The van der Waals surface area contributed by atoms with Crippen LogP contribution < -0.4 is 10.1 Å². The molecule has 1 aromatic rings. The van der Waals surface area contributed by atoms with Gasteiger partial charge in [-0.3, -0.25) is 5.32 Å². The van der Waals surface area contributed by atoms with Crippen molar-refractivity contribution in [1.29, 1.82) is 5.26 Å². The molecule has 116 valence electrons. The third-order valence-corrected chi connectivity index (χ3v) is 3.43. The Kier molecular flexibility index (Phi) is 6.23. The molecule has 0 heterocycles. The number of hydrogen-bond donors (Lipinski definition) is 1. The molecule has 21 heavy (non-hydrogen) atoms. The maximum Gasteiger partial charge on any atom is 0.119 e. The van der Waals surface area contributed by atoms with Crippen molar-refractivity contribution in [1.82, 2.24) is 5.32 Å². The van der Waals surface area contributed by atoms with Crippen LogP contribution >= 0.6 is 0 Å². The van der Waals surface area contributed by atoms with Crippen molar-refractivity contribution in [2.75, 3.05) is 0 Å². The molecule has 1 aromatic carbocycles. The molecule has 0 radical (unpaired) electrons. The Morgan fingerprint density at radius 2 is 1.71 bits per heavy atom. The lowest BCUT2D eigenvalue weighted by atomic mass is 9.95. The molecule has 0 saturated heterocycles. The molecule has 2 atom stereocenters. The van der Waals surface area contributed by atoms with Gasteiger partial charge < -0.3 is 4.74 Å². The highest BCUT2D eigenvalue weighted by atomic mass is 16.5. The smallest absolute Gasteiger partial charge is 0.119 e. The van der Waals surface area contributed by atoms with Gasteiger partial charge in [-0.25, -0.2) is 0 Å². The zero-order valence-corrected chi connectivity index (χ0v) is 14.1. The van der Waals surface area contributed by atoms with E-state index in [0.29, 0.717) is 12.3 Å². The lowest BCUT2D eigenvalue weighted by Gasteiger charge is -2.29. The van der Waals surface area contributed by atoms with Crippen molar-refractivity contribution >= 4 is 0 Å². The Hall–Kier alpha value is -1.53. The minimum absolute atomic E-state index is 0.0224. The number of rotatable bonds is 7. The fourth-order valence-electron chi connectivity index (χ4n) is 2.55. The minimum Gasteiger partial charge on any atom is -0.491 e. The van der Waals surface area contributed by atoms with E-state index in [-0.39, 0.29) is 12.1 Å². The van der Waals surface area contributed by atoms with Crippen LogP contribution in [0.2, 0.25) is 0 Å². The Labute approximate surface area is 129 Å². The highest BCUT2D eigenvalue weighted by molar-refractivity contribution is 5.29. The number of nitrogens with one attached hydrogen (secondary N) is 1. The molecule has 1 N–H and O–H groups in total. The number of hydrogen-bond acceptors (Lipinski definition) is 3.